The van der Waals surface area contributed by atoms with E-state index >= 15 is 0 Å². The van der Waals surface area contributed by atoms with Gasteiger partial charge in [-0.2, -0.15) is 0 Å². The summed E-state index contributed by atoms with van der Waals surface area (Å²) >= 11 is 0. The Morgan fingerprint density at radius 2 is 2.21 bits per heavy atom. The van der Waals surface area contributed by atoms with Crippen molar-refractivity contribution in [3.05, 3.63) is 24.3 Å². The maximum atomic E-state index is 10.9. The van der Waals surface area contributed by atoms with Crippen LogP contribution in [0.25, 0.3) is 0 Å². The molecule has 0 unspecified atom stereocenters. The van der Waals surface area contributed by atoms with Crippen LogP contribution in [-0.4, -0.2) is 5.78 Å². The van der Waals surface area contributed by atoms with Gasteiger partial charge in [0.05, 0.1) is 0 Å². The number of hydrogen-bond donors (Lipinski definition) is 0. The fraction of sp³-hybridized carbons (Fsp3) is 0.615. The van der Waals surface area contributed by atoms with Crippen LogP contribution < -0.4 is 0 Å². The van der Waals surface area contributed by atoms with Gasteiger partial charge in [0.25, 0.3) is 0 Å². The van der Waals surface area contributed by atoms with Gasteiger partial charge < -0.3 is 0 Å². The number of carbonyl (C=O) groups excluding carboxylic acids is 1. The van der Waals surface area contributed by atoms with Crippen molar-refractivity contribution >= 4 is 5.78 Å². The first-order valence-corrected chi connectivity index (χ1v) is 5.30. The predicted octanol–water partition coefficient (Wildman–Crippen LogP) is 3.51. The molecule has 1 saturated carbocycles. The van der Waals surface area contributed by atoms with Crippen LogP contribution >= 0.6 is 0 Å². The van der Waals surface area contributed by atoms with E-state index in [-0.39, 0.29) is 11.2 Å². The van der Waals surface area contributed by atoms with Gasteiger partial charge in [0.2, 0.25) is 0 Å². The van der Waals surface area contributed by atoms with Crippen LogP contribution in [0.15, 0.2) is 24.3 Å². The zero-order valence-corrected chi connectivity index (χ0v) is 9.47. The second kappa shape index (κ2) is 4.12. The molecule has 0 bridgehead atoms. The Balaban J connectivity index is 2.80. The summed E-state index contributed by atoms with van der Waals surface area (Å²) in [6.45, 7) is 10.2. The van der Waals surface area contributed by atoms with E-state index in [2.05, 4.69) is 20.4 Å². The third-order valence-corrected chi connectivity index (χ3v) is 3.12. The zero-order valence-electron chi connectivity index (χ0n) is 9.47. The number of allylic oxidation sites excluding steroid dienone is 3. The predicted molar refractivity (Wildman–Crippen MR) is 60.1 cm³/mol. The lowest BCUT2D eigenvalue weighted by molar-refractivity contribution is -0.112. The van der Waals surface area contributed by atoms with E-state index in [1.54, 1.807) is 13.0 Å². The van der Waals surface area contributed by atoms with E-state index in [9.17, 15) is 4.79 Å². The minimum absolute atomic E-state index is 0.124. The standard InChI is InChI=1S/C13H20O/c1-10-6-5-9-13(3,4)12(10)8-7-11(2)14/h7-8,12H,1,5-6,9H2,2-4H3/b8-7+/t12-/m1/s1. The number of hydrogen-bond acceptors (Lipinski definition) is 1. The Morgan fingerprint density at radius 3 is 2.71 bits per heavy atom. The van der Waals surface area contributed by atoms with Crippen molar-refractivity contribution in [2.24, 2.45) is 11.3 Å². The summed E-state index contributed by atoms with van der Waals surface area (Å²) in [6.07, 6.45) is 7.28. The quantitative estimate of drug-likeness (QED) is 0.483. The molecule has 14 heavy (non-hydrogen) atoms. The summed E-state index contributed by atoms with van der Waals surface area (Å²) in [5.41, 5.74) is 1.54. The molecule has 1 rings (SSSR count). The van der Waals surface area contributed by atoms with Gasteiger partial charge in [0.1, 0.15) is 0 Å². The van der Waals surface area contributed by atoms with Crippen molar-refractivity contribution in [2.75, 3.05) is 0 Å². The van der Waals surface area contributed by atoms with Crippen LogP contribution in [0.1, 0.15) is 40.0 Å². The van der Waals surface area contributed by atoms with Crippen LogP contribution in [-0.2, 0) is 4.79 Å². The molecule has 1 aliphatic rings. The molecule has 0 aromatic carbocycles. The van der Waals surface area contributed by atoms with Crippen molar-refractivity contribution in [1.29, 1.82) is 0 Å². The Morgan fingerprint density at radius 1 is 1.57 bits per heavy atom. The Kier molecular flexibility index (Phi) is 3.30. The molecule has 0 N–H and O–H groups in total. The van der Waals surface area contributed by atoms with Crippen molar-refractivity contribution in [2.45, 2.75) is 40.0 Å². The Labute approximate surface area is 86.9 Å². The van der Waals surface area contributed by atoms with Crippen LogP contribution in [0.3, 0.4) is 0 Å². The summed E-state index contributed by atoms with van der Waals surface area (Å²) in [5.74, 6) is 0.499. The summed E-state index contributed by atoms with van der Waals surface area (Å²) < 4.78 is 0. The molecule has 0 aliphatic heterocycles. The fourth-order valence-electron chi connectivity index (χ4n) is 2.26. The van der Waals surface area contributed by atoms with Gasteiger partial charge >= 0.3 is 0 Å². The molecule has 0 amide bonds. The highest BCUT2D eigenvalue weighted by molar-refractivity contribution is 5.87. The molecule has 0 saturated heterocycles. The average Bonchev–Trinajstić information content (AvgIpc) is 2.01. The van der Waals surface area contributed by atoms with Crippen LogP contribution in [0.4, 0.5) is 0 Å². The Bertz CT molecular complexity index is 271. The summed E-state index contributed by atoms with van der Waals surface area (Å²) in [5, 5.41) is 0. The van der Waals surface area contributed by atoms with E-state index in [1.807, 2.05) is 6.08 Å². The second-order valence-corrected chi connectivity index (χ2v) is 4.95. The van der Waals surface area contributed by atoms with Gasteiger partial charge in [-0.05, 0) is 37.7 Å². The van der Waals surface area contributed by atoms with Gasteiger partial charge in [-0.3, -0.25) is 4.79 Å². The van der Waals surface area contributed by atoms with Gasteiger partial charge in [0, 0.05) is 5.92 Å². The highest BCUT2D eigenvalue weighted by Gasteiger charge is 2.32. The molecule has 78 valence electrons. The van der Waals surface area contributed by atoms with E-state index in [0.29, 0.717) is 5.92 Å². The maximum absolute atomic E-state index is 10.9. The smallest absolute Gasteiger partial charge is 0.152 e. The average molecular weight is 192 g/mol. The van der Waals surface area contributed by atoms with E-state index in [0.717, 1.165) is 6.42 Å². The molecule has 0 aromatic heterocycles. The number of ketones is 1. The SMILES string of the molecule is C=C1CCCC(C)(C)[C@@H]1/C=C/C(C)=O. The number of rotatable bonds is 2. The van der Waals surface area contributed by atoms with Crippen molar-refractivity contribution in [1.82, 2.24) is 0 Å². The summed E-state index contributed by atoms with van der Waals surface area (Å²) in [4.78, 5) is 10.9. The van der Waals surface area contributed by atoms with Gasteiger partial charge in [0.15, 0.2) is 5.78 Å². The largest absolute Gasteiger partial charge is 0.295 e. The number of carbonyl (C=O) groups is 1. The molecule has 0 heterocycles. The van der Waals surface area contributed by atoms with Gasteiger partial charge in [-0.25, -0.2) is 0 Å². The highest BCUT2D eigenvalue weighted by atomic mass is 16.1. The molecule has 1 fully saturated rings. The minimum atomic E-state index is 0.124. The van der Waals surface area contributed by atoms with Gasteiger partial charge in [-0.1, -0.05) is 32.1 Å². The Hall–Kier alpha value is -0.850. The summed E-state index contributed by atoms with van der Waals surface area (Å²) in [7, 11) is 0. The molecule has 1 aliphatic carbocycles. The molecule has 0 aromatic rings. The van der Waals surface area contributed by atoms with Crippen molar-refractivity contribution in [3.63, 3.8) is 0 Å². The maximum Gasteiger partial charge on any atom is 0.152 e. The van der Waals surface area contributed by atoms with Crippen LogP contribution in [0, 0.1) is 11.3 Å². The normalized spacial score (nSPS) is 26.8. The van der Waals surface area contributed by atoms with Crippen molar-refractivity contribution < 1.29 is 4.79 Å². The third-order valence-electron chi connectivity index (χ3n) is 3.12. The van der Waals surface area contributed by atoms with E-state index in [1.165, 1.54) is 18.4 Å². The second-order valence-electron chi connectivity index (χ2n) is 4.95. The van der Waals surface area contributed by atoms with Crippen molar-refractivity contribution in [3.8, 4) is 0 Å². The zero-order chi connectivity index (χ0) is 10.8. The lowest BCUT2D eigenvalue weighted by atomic mass is 9.67. The highest BCUT2D eigenvalue weighted by Crippen LogP contribution is 2.43. The third kappa shape index (κ3) is 2.57. The topological polar surface area (TPSA) is 17.1 Å². The molecule has 1 nitrogen and oxygen atoms in total. The summed E-state index contributed by atoms with van der Waals surface area (Å²) in [6, 6.07) is 0. The molecule has 1 heteroatoms. The first kappa shape index (κ1) is 11.2. The van der Waals surface area contributed by atoms with Gasteiger partial charge in [-0.15, -0.1) is 0 Å². The first-order chi connectivity index (χ1) is 6.43. The van der Waals surface area contributed by atoms with Crippen LogP contribution in [0.5, 0.6) is 0 Å². The molecular weight excluding hydrogens is 172 g/mol. The van der Waals surface area contributed by atoms with E-state index in [4.69, 9.17) is 0 Å². The molecular formula is C13H20O. The molecule has 0 radical (unpaired) electrons. The molecule has 0 spiro atoms. The first-order valence-electron chi connectivity index (χ1n) is 5.30. The van der Waals surface area contributed by atoms with E-state index < -0.39 is 0 Å². The fourth-order valence-corrected chi connectivity index (χ4v) is 2.26. The van der Waals surface area contributed by atoms with Crippen LogP contribution in [0.2, 0.25) is 0 Å². The lowest BCUT2D eigenvalue weighted by Crippen LogP contribution is -2.28. The molecule has 1 atom stereocenters. The minimum Gasteiger partial charge on any atom is -0.295 e. The lowest BCUT2D eigenvalue weighted by Gasteiger charge is -2.38. The monoisotopic (exact) mass is 192 g/mol.